The second kappa shape index (κ2) is 11.5. The van der Waals surface area contributed by atoms with Crippen LogP contribution in [0.5, 0.6) is 5.75 Å². The number of anilines is 2. The van der Waals surface area contributed by atoms with Crippen LogP contribution in [0.3, 0.4) is 0 Å². The summed E-state index contributed by atoms with van der Waals surface area (Å²) < 4.78 is 11.3. The van der Waals surface area contributed by atoms with Gasteiger partial charge in [0.25, 0.3) is 0 Å². The van der Waals surface area contributed by atoms with Crippen LogP contribution in [0.25, 0.3) is 0 Å². The summed E-state index contributed by atoms with van der Waals surface area (Å²) in [5, 5.41) is 3.01. The second-order valence-corrected chi connectivity index (χ2v) is 8.44. The van der Waals surface area contributed by atoms with Crippen LogP contribution in [0.2, 0.25) is 0 Å². The lowest BCUT2D eigenvalue weighted by atomic mass is 10.1. The molecule has 4 rings (SSSR count). The maximum atomic E-state index is 12.4. The maximum absolute atomic E-state index is 12.4. The highest BCUT2D eigenvalue weighted by Gasteiger charge is 2.18. The third-order valence-electron chi connectivity index (χ3n) is 6.10. The van der Waals surface area contributed by atoms with Gasteiger partial charge in [-0.15, -0.1) is 0 Å². The molecule has 0 atom stereocenters. The monoisotopic (exact) mass is 444 g/mol. The van der Waals surface area contributed by atoms with Crippen molar-refractivity contribution in [1.29, 1.82) is 0 Å². The van der Waals surface area contributed by atoms with E-state index < -0.39 is 0 Å². The predicted octanol–water partition coefficient (Wildman–Crippen LogP) is 5.45. The van der Waals surface area contributed by atoms with Crippen molar-refractivity contribution in [2.75, 3.05) is 30.4 Å². The summed E-state index contributed by atoms with van der Waals surface area (Å²) >= 11 is 0. The van der Waals surface area contributed by atoms with Gasteiger partial charge in [-0.1, -0.05) is 42.5 Å². The number of rotatable bonds is 9. The molecule has 1 aliphatic heterocycles. The van der Waals surface area contributed by atoms with Gasteiger partial charge < -0.3 is 19.7 Å². The highest BCUT2D eigenvalue weighted by molar-refractivity contribution is 5.91. The van der Waals surface area contributed by atoms with E-state index in [4.69, 9.17) is 9.47 Å². The number of carbonyl (C=O) groups excluding carboxylic acids is 1. The number of amides is 1. The SMILES string of the molecule is COC1CCN(c2ccc(NC(=O)CCc3ccc(OCc4ccccc4)cc3)cc2)CC1. The molecular weight excluding hydrogens is 412 g/mol. The van der Waals surface area contributed by atoms with E-state index in [0.717, 1.165) is 48.5 Å². The van der Waals surface area contributed by atoms with Gasteiger partial charge >= 0.3 is 0 Å². The number of piperidine rings is 1. The number of nitrogens with one attached hydrogen (secondary N) is 1. The standard InChI is InChI=1S/C28H32N2O3/c1-32-26-17-19-30(20-18-26)25-12-10-24(11-13-25)29-28(31)16-9-22-7-14-27(15-8-22)33-21-23-5-3-2-4-6-23/h2-8,10-15,26H,9,16-21H2,1H3,(H,29,31). The second-order valence-electron chi connectivity index (χ2n) is 8.44. The van der Waals surface area contributed by atoms with Gasteiger partial charge in [0.05, 0.1) is 6.10 Å². The van der Waals surface area contributed by atoms with Crippen molar-refractivity contribution in [2.45, 2.75) is 38.4 Å². The van der Waals surface area contributed by atoms with Crippen LogP contribution in [-0.4, -0.2) is 32.2 Å². The average Bonchev–Trinajstić information content (AvgIpc) is 2.88. The zero-order valence-corrected chi connectivity index (χ0v) is 19.2. The first-order valence-electron chi connectivity index (χ1n) is 11.6. The van der Waals surface area contributed by atoms with Crippen LogP contribution in [0.4, 0.5) is 11.4 Å². The molecule has 1 saturated heterocycles. The van der Waals surface area contributed by atoms with Crippen LogP contribution in [0.1, 0.15) is 30.4 Å². The number of nitrogens with zero attached hydrogens (tertiary/aromatic N) is 1. The summed E-state index contributed by atoms with van der Waals surface area (Å²) in [7, 11) is 1.79. The Hall–Kier alpha value is -3.31. The Morgan fingerprint density at radius 2 is 1.61 bits per heavy atom. The molecule has 1 N–H and O–H groups in total. The van der Waals surface area contributed by atoms with Gasteiger partial charge in [0.2, 0.25) is 5.91 Å². The highest BCUT2D eigenvalue weighted by atomic mass is 16.5. The molecule has 0 bridgehead atoms. The van der Waals surface area contributed by atoms with Crippen LogP contribution in [0.15, 0.2) is 78.9 Å². The van der Waals surface area contributed by atoms with Gasteiger partial charge in [-0.05, 0) is 66.8 Å². The number of methoxy groups -OCH3 is 1. The van der Waals surface area contributed by atoms with Crippen molar-refractivity contribution in [3.8, 4) is 5.75 Å². The molecule has 0 aliphatic carbocycles. The zero-order valence-electron chi connectivity index (χ0n) is 19.2. The van der Waals surface area contributed by atoms with Crippen molar-refractivity contribution in [3.63, 3.8) is 0 Å². The zero-order chi connectivity index (χ0) is 22.9. The van der Waals surface area contributed by atoms with E-state index >= 15 is 0 Å². The summed E-state index contributed by atoms with van der Waals surface area (Å²) in [5.41, 5.74) is 4.28. The third kappa shape index (κ3) is 6.83. The number of hydrogen-bond donors (Lipinski definition) is 1. The number of benzene rings is 3. The molecular formula is C28H32N2O3. The molecule has 0 saturated carbocycles. The fraction of sp³-hybridized carbons (Fsp3) is 0.321. The molecule has 172 valence electrons. The van der Waals surface area contributed by atoms with E-state index in [9.17, 15) is 4.79 Å². The Labute approximate surface area is 196 Å². The van der Waals surface area contributed by atoms with Gasteiger partial charge in [0.1, 0.15) is 12.4 Å². The first-order chi connectivity index (χ1) is 16.2. The van der Waals surface area contributed by atoms with Crippen LogP contribution in [-0.2, 0) is 22.6 Å². The molecule has 5 heteroatoms. The van der Waals surface area contributed by atoms with Gasteiger partial charge in [0.15, 0.2) is 0 Å². The molecule has 5 nitrogen and oxygen atoms in total. The van der Waals surface area contributed by atoms with Gasteiger partial charge in [-0.25, -0.2) is 0 Å². The van der Waals surface area contributed by atoms with E-state index in [1.54, 1.807) is 7.11 Å². The third-order valence-corrected chi connectivity index (χ3v) is 6.10. The Kier molecular flexibility index (Phi) is 7.99. The fourth-order valence-electron chi connectivity index (χ4n) is 4.08. The molecule has 1 heterocycles. The molecule has 0 unspecified atom stereocenters. The molecule has 0 aromatic heterocycles. The summed E-state index contributed by atoms with van der Waals surface area (Å²) in [6.45, 7) is 2.55. The van der Waals surface area contributed by atoms with E-state index in [2.05, 4.69) is 22.3 Å². The Balaban J connectivity index is 1.20. The minimum absolute atomic E-state index is 0.0214. The van der Waals surface area contributed by atoms with Crippen molar-refractivity contribution in [3.05, 3.63) is 90.0 Å². The van der Waals surface area contributed by atoms with Crippen LogP contribution < -0.4 is 15.0 Å². The molecule has 0 spiro atoms. The quantitative estimate of drug-likeness (QED) is 0.477. The number of ether oxygens (including phenoxy) is 2. The molecule has 3 aromatic carbocycles. The molecule has 1 fully saturated rings. The Bertz CT molecular complexity index is 996. The predicted molar refractivity (Wildman–Crippen MR) is 133 cm³/mol. The van der Waals surface area contributed by atoms with Crippen molar-refractivity contribution < 1.29 is 14.3 Å². The largest absolute Gasteiger partial charge is 0.489 e. The smallest absolute Gasteiger partial charge is 0.224 e. The average molecular weight is 445 g/mol. The first kappa shape index (κ1) is 22.9. The van der Waals surface area contributed by atoms with E-state index in [1.165, 1.54) is 5.69 Å². The minimum Gasteiger partial charge on any atom is -0.489 e. The molecule has 3 aromatic rings. The Morgan fingerprint density at radius 3 is 2.27 bits per heavy atom. The van der Waals surface area contributed by atoms with Crippen LogP contribution >= 0.6 is 0 Å². The lowest BCUT2D eigenvalue weighted by Crippen LogP contribution is -2.36. The molecule has 1 amide bonds. The normalized spacial score (nSPS) is 14.2. The number of carbonyl (C=O) groups is 1. The molecule has 33 heavy (non-hydrogen) atoms. The van der Waals surface area contributed by atoms with Crippen molar-refractivity contribution in [1.82, 2.24) is 0 Å². The Morgan fingerprint density at radius 1 is 0.909 bits per heavy atom. The summed E-state index contributed by atoms with van der Waals surface area (Å²) in [4.78, 5) is 14.8. The van der Waals surface area contributed by atoms with Gasteiger partial charge in [-0.2, -0.15) is 0 Å². The van der Waals surface area contributed by atoms with Crippen molar-refractivity contribution >= 4 is 17.3 Å². The maximum Gasteiger partial charge on any atom is 0.224 e. The van der Waals surface area contributed by atoms with E-state index in [1.807, 2.05) is 66.7 Å². The lowest BCUT2D eigenvalue weighted by Gasteiger charge is -2.33. The summed E-state index contributed by atoms with van der Waals surface area (Å²) in [6, 6.07) is 26.2. The van der Waals surface area contributed by atoms with Gasteiger partial charge in [-0.3, -0.25) is 4.79 Å². The summed E-state index contributed by atoms with van der Waals surface area (Å²) in [6.07, 6.45) is 3.61. The van der Waals surface area contributed by atoms with E-state index in [0.29, 0.717) is 25.6 Å². The molecule has 1 aliphatic rings. The van der Waals surface area contributed by atoms with E-state index in [-0.39, 0.29) is 5.91 Å². The topological polar surface area (TPSA) is 50.8 Å². The lowest BCUT2D eigenvalue weighted by molar-refractivity contribution is -0.116. The van der Waals surface area contributed by atoms with Gasteiger partial charge in [0, 0.05) is 38.0 Å². The first-order valence-corrected chi connectivity index (χ1v) is 11.6. The number of aryl methyl sites for hydroxylation is 1. The fourth-order valence-corrected chi connectivity index (χ4v) is 4.08. The minimum atomic E-state index is 0.0214. The number of hydrogen-bond acceptors (Lipinski definition) is 4. The summed E-state index contributed by atoms with van der Waals surface area (Å²) in [5.74, 6) is 0.853. The van der Waals surface area contributed by atoms with Crippen LogP contribution in [0, 0.1) is 0 Å². The van der Waals surface area contributed by atoms with Crippen molar-refractivity contribution in [2.24, 2.45) is 0 Å². The highest BCUT2D eigenvalue weighted by Crippen LogP contribution is 2.23. The molecule has 0 radical (unpaired) electrons.